The number of aromatic nitrogens is 1. The number of benzene rings is 1. The lowest BCUT2D eigenvalue weighted by Crippen LogP contribution is -2.50. The summed E-state index contributed by atoms with van der Waals surface area (Å²) in [5.41, 5.74) is -0.342. The maximum absolute atomic E-state index is 12.5. The van der Waals surface area contributed by atoms with Gasteiger partial charge in [0.05, 0.1) is 24.9 Å². The second-order valence-electron chi connectivity index (χ2n) is 6.60. The Kier molecular flexibility index (Phi) is 4.39. The van der Waals surface area contributed by atoms with Gasteiger partial charge < -0.3 is 18.9 Å². The van der Waals surface area contributed by atoms with Crippen LogP contribution >= 0.6 is 11.6 Å². The summed E-state index contributed by atoms with van der Waals surface area (Å²) in [4.78, 5) is 14.3. The highest BCUT2D eigenvalue weighted by atomic mass is 35.5. The molecule has 1 aromatic heterocycles. The van der Waals surface area contributed by atoms with Crippen LogP contribution in [0.15, 0.2) is 41.1 Å². The topological polar surface area (TPSA) is 64.8 Å². The van der Waals surface area contributed by atoms with Crippen LogP contribution in [0.1, 0.15) is 29.8 Å². The van der Waals surface area contributed by atoms with Gasteiger partial charge in [-0.05, 0) is 37.1 Å². The van der Waals surface area contributed by atoms with Gasteiger partial charge in [-0.1, -0.05) is 16.8 Å². The molecule has 0 N–H and O–H groups in total. The molecule has 0 unspecified atom stereocenters. The SMILES string of the molecule is O=C(c1ccno1)N1CCC[C@@]2(C[C@@H](Oc3ccc(Cl)cc3)CO2)C1. The Hall–Kier alpha value is -2.05. The van der Waals surface area contributed by atoms with Crippen molar-refractivity contribution in [2.24, 2.45) is 0 Å². The van der Waals surface area contributed by atoms with Gasteiger partial charge in [0.2, 0.25) is 5.76 Å². The van der Waals surface area contributed by atoms with Crippen LogP contribution in [0.5, 0.6) is 5.75 Å². The fourth-order valence-electron chi connectivity index (χ4n) is 3.62. The Morgan fingerprint density at radius 3 is 2.92 bits per heavy atom. The van der Waals surface area contributed by atoms with Crippen LogP contribution in [0.3, 0.4) is 0 Å². The molecule has 2 aromatic rings. The summed E-state index contributed by atoms with van der Waals surface area (Å²) in [7, 11) is 0. The Balaban J connectivity index is 1.40. The lowest BCUT2D eigenvalue weighted by atomic mass is 9.89. The minimum absolute atomic E-state index is 0.0264. The van der Waals surface area contributed by atoms with Gasteiger partial charge >= 0.3 is 0 Å². The number of carbonyl (C=O) groups excluding carboxylic acids is 1. The van der Waals surface area contributed by atoms with E-state index >= 15 is 0 Å². The van der Waals surface area contributed by atoms with Crippen molar-refractivity contribution in [2.75, 3.05) is 19.7 Å². The normalized spacial score (nSPS) is 26.1. The first-order valence-corrected chi connectivity index (χ1v) is 8.78. The quantitative estimate of drug-likeness (QED) is 0.839. The van der Waals surface area contributed by atoms with E-state index < -0.39 is 0 Å². The lowest BCUT2D eigenvalue weighted by Gasteiger charge is -2.39. The summed E-state index contributed by atoms with van der Waals surface area (Å²) in [6, 6.07) is 8.91. The number of carbonyl (C=O) groups is 1. The smallest absolute Gasteiger partial charge is 0.292 e. The molecule has 4 rings (SSSR count). The van der Waals surface area contributed by atoms with Gasteiger partial charge in [-0.3, -0.25) is 4.79 Å². The van der Waals surface area contributed by atoms with E-state index in [0.29, 0.717) is 24.7 Å². The first-order chi connectivity index (χ1) is 12.1. The third kappa shape index (κ3) is 3.50. The van der Waals surface area contributed by atoms with Crippen molar-refractivity contribution < 1.29 is 18.8 Å². The zero-order chi connectivity index (χ0) is 17.3. The third-order valence-electron chi connectivity index (χ3n) is 4.77. The van der Waals surface area contributed by atoms with E-state index in [1.165, 1.54) is 6.20 Å². The molecular formula is C18H19ClN2O4. The number of ether oxygens (including phenoxy) is 2. The van der Waals surface area contributed by atoms with Crippen molar-refractivity contribution >= 4 is 17.5 Å². The molecule has 2 aliphatic rings. The van der Waals surface area contributed by atoms with E-state index in [9.17, 15) is 4.79 Å². The van der Waals surface area contributed by atoms with Crippen LogP contribution in [0.25, 0.3) is 0 Å². The fourth-order valence-corrected chi connectivity index (χ4v) is 3.75. The highest BCUT2D eigenvalue weighted by Gasteiger charge is 2.45. The maximum atomic E-state index is 12.5. The number of nitrogens with zero attached hydrogens (tertiary/aromatic N) is 2. The standard InChI is InChI=1S/C18H19ClN2O4/c19-13-2-4-14(5-3-13)24-15-10-18(23-11-15)7-1-9-21(12-18)17(22)16-6-8-20-25-16/h2-6,8,15H,1,7,9-12H2/t15-,18-/m1/s1. The number of hydrogen-bond acceptors (Lipinski definition) is 5. The summed E-state index contributed by atoms with van der Waals surface area (Å²) in [5, 5.41) is 4.29. The molecule has 0 aliphatic carbocycles. The van der Waals surface area contributed by atoms with Crippen molar-refractivity contribution in [1.29, 1.82) is 0 Å². The van der Waals surface area contributed by atoms with Gasteiger partial charge in [-0.2, -0.15) is 0 Å². The van der Waals surface area contributed by atoms with Crippen LogP contribution < -0.4 is 4.74 Å². The van der Waals surface area contributed by atoms with Crippen molar-refractivity contribution in [2.45, 2.75) is 31.0 Å². The molecule has 0 bridgehead atoms. The van der Waals surface area contributed by atoms with Gasteiger partial charge in [0.25, 0.3) is 5.91 Å². The highest BCUT2D eigenvalue weighted by molar-refractivity contribution is 6.30. The number of halogens is 1. The molecule has 3 heterocycles. The Morgan fingerprint density at radius 2 is 2.16 bits per heavy atom. The molecular weight excluding hydrogens is 344 g/mol. The lowest BCUT2D eigenvalue weighted by molar-refractivity contribution is -0.0460. The van der Waals surface area contributed by atoms with Gasteiger partial charge in [0.15, 0.2) is 0 Å². The largest absolute Gasteiger partial charge is 0.488 e. The minimum atomic E-state index is -0.342. The van der Waals surface area contributed by atoms with Gasteiger partial charge in [0, 0.05) is 24.1 Å². The van der Waals surface area contributed by atoms with E-state index in [1.807, 2.05) is 12.1 Å². The number of rotatable bonds is 3. The molecule has 2 fully saturated rings. The summed E-state index contributed by atoms with van der Waals surface area (Å²) in [6.45, 7) is 1.77. The van der Waals surface area contributed by atoms with Crippen molar-refractivity contribution in [3.63, 3.8) is 0 Å². The molecule has 2 aliphatic heterocycles. The highest BCUT2D eigenvalue weighted by Crippen LogP contribution is 2.36. The van der Waals surface area contributed by atoms with Crippen molar-refractivity contribution in [1.82, 2.24) is 10.1 Å². The van der Waals surface area contributed by atoms with Crippen LogP contribution in [0, 0.1) is 0 Å². The number of amides is 1. The average Bonchev–Trinajstić information content (AvgIpc) is 3.27. The monoisotopic (exact) mass is 362 g/mol. The van der Waals surface area contributed by atoms with Crippen LogP contribution in [0.4, 0.5) is 0 Å². The Labute approximate surface area is 150 Å². The van der Waals surface area contributed by atoms with Crippen molar-refractivity contribution in [3.8, 4) is 5.75 Å². The second-order valence-corrected chi connectivity index (χ2v) is 7.04. The number of piperidine rings is 1. The molecule has 1 aromatic carbocycles. The summed E-state index contributed by atoms with van der Waals surface area (Å²) >= 11 is 5.90. The molecule has 25 heavy (non-hydrogen) atoms. The van der Waals surface area contributed by atoms with E-state index in [4.69, 9.17) is 25.6 Å². The minimum Gasteiger partial charge on any atom is -0.488 e. The van der Waals surface area contributed by atoms with Gasteiger partial charge in [-0.25, -0.2) is 0 Å². The molecule has 1 amide bonds. The van der Waals surface area contributed by atoms with Gasteiger partial charge in [-0.15, -0.1) is 0 Å². The maximum Gasteiger partial charge on any atom is 0.292 e. The summed E-state index contributed by atoms with van der Waals surface area (Å²) < 4.78 is 17.1. The molecule has 0 radical (unpaired) electrons. The molecule has 1 spiro atoms. The molecule has 6 nitrogen and oxygen atoms in total. The third-order valence-corrected chi connectivity index (χ3v) is 5.02. The van der Waals surface area contributed by atoms with E-state index in [0.717, 1.165) is 25.0 Å². The van der Waals surface area contributed by atoms with E-state index in [-0.39, 0.29) is 23.4 Å². The average molecular weight is 363 g/mol. The first kappa shape index (κ1) is 16.4. The van der Waals surface area contributed by atoms with Crippen LogP contribution in [-0.2, 0) is 4.74 Å². The predicted molar refractivity (Wildman–Crippen MR) is 90.8 cm³/mol. The molecule has 7 heteroatoms. The molecule has 2 atom stereocenters. The first-order valence-electron chi connectivity index (χ1n) is 8.40. The summed E-state index contributed by atoms with van der Waals surface area (Å²) in [5.74, 6) is 0.909. The Bertz CT molecular complexity index is 734. The van der Waals surface area contributed by atoms with Gasteiger partial charge in [0.1, 0.15) is 11.9 Å². The molecule has 0 saturated carbocycles. The van der Waals surface area contributed by atoms with Crippen LogP contribution in [0.2, 0.25) is 5.02 Å². The zero-order valence-corrected chi connectivity index (χ0v) is 14.4. The van der Waals surface area contributed by atoms with E-state index in [1.54, 1.807) is 23.1 Å². The molecule has 2 saturated heterocycles. The summed E-state index contributed by atoms with van der Waals surface area (Å²) in [6.07, 6.45) is 4.04. The second kappa shape index (κ2) is 6.69. The zero-order valence-electron chi connectivity index (χ0n) is 13.7. The Morgan fingerprint density at radius 1 is 1.32 bits per heavy atom. The number of hydrogen-bond donors (Lipinski definition) is 0. The number of likely N-dealkylation sites (tertiary alicyclic amines) is 1. The fraction of sp³-hybridized carbons (Fsp3) is 0.444. The van der Waals surface area contributed by atoms with E-state index in [2.05, 4.69) is 5.16 Å². The van der Waals surface area contributed by atoms with Crippen molar-refractivity contribution in [3.05, 3.63) is 47.3 Å². The molecule has 132 valence electrons. The predicted octanol–water partition coefficient (Wildman–Crippen LogP) is 3.17. The van der Waals surface area contributed by atoms with Crippen LogP contribution in [-0.4, -0.2) is 47.4 Å².